The molecule has 0 atom stereocenters. The minimum absolute atomic E-state index is 0.0716. The summed E-state index contributed by atoms with van der Waals surface area (Å²) >= 11 is 0. The molecule has 130 valence electrons. The number of pyridine rings is 1. The summed E-state index contributed by atoms with van der Waals surface area (Å²) in [6.07, 6.45) is 4.94. The minimum atomic E-state index is -0.500. The van der Waals surface area contributed by atoms with E-state index < -0.39 is 5.97 Å². The van der Waals surface area contributed by atoms with Crippen molar-refractivity contribution < 1.29 is 19.1 Å². The van der Waals surface area contributed by atoms with E-state index in [9.17, 15) is 9.59 Å². The number of rotatable bonds is 4. The van der Waals surface area contributed by atoms with E-state index in [0.29, 0.717) is 24.2 Å². The van der Waals surface area contributed by atoms with Crippen LogP contribution in [0.25, 0.3) is 0 Å². The highest BCUT2D eigenvalue weighted by molar-refractivity contribution is 6.05. The lowest BCUT2D eigenvalue weighted by atomic mass is 10.0. The Morgan fingerprint density at radius 2 is 1.68 bits per heavy atom. The lowest BCUT2D eigenvalue weighted by molar-refractivity contribution is 0.0556. The molecule has 1 aromatic carbocycles. The second kappa shape index (κ2) is 7.79. The first-order chi connectivity index (χ1) is 12.2. The van der Waals surface area contributed by atoms with Crippen LogP contribution in [0.3, 0.4) is 0 Å². The molecule has 2 aromatic rings. The predicted molar refractivity (Wildman–Crippen MR) is 91.6 cm³/mol. The Hall–Kier alpha value is -2.89. The number of hydrogen-bond acceptors (Lipinski definition) is 5. The quantitative estimate of drug-likeness (QED) is 0.800. The van der Waals surface area contributed by atoms with Crippen molar-refractivity contribution in [2.24, 2.45) is 0 Å². The van der Waals surface area contributed by atoms with Crippen molar-refractivity contribution >= 4 is 11.9 Å². The van der Waals surface area contributed by atoms with E-state index in [1.807, 2.05) is 12.1 Å². The molecule has 6 nitrogen and oxygen atoms in total. The van der Waals surface area contributed by atoms with Gasteiger partial charge in [-0.3, -0.25) is 9.78 Å². The number of carbonyl (C=O) groups excluding carboxylic acids is 2. The number of benzene rings is 1. The second-order valence-electron chi connectivity index (χ2n) is 5.83. The van der Waals surface area contributed by atoms with Gasteiger partial charge in [-0.25, -0.2) is 4.79 Å². The first kappa shape index (κ1) is 17.0. The van der Waals surface area contributed by atoms with Gasteiger partial charge in [-0.2, -0.15) is 0 Å². The molecule has 1 saturated heterocycles. The van der Waals surface area contributed by atoms with Crippen LogP contribution in [0.15, 0.2) is 48.8 Å². The van der Waals surface area contributed by atoms with Gasteiger partial charge in [0.25, 0.3) is 5.91 Å². The number of nitrogens with zero attached hydrogens (tertiary/aromatic N) is 2. The maximum atomic E-state index is 12.8. The number of esters is 1. The summed E-state index contributed by atoms with van der Waals surface area (Å²) in [4.78, 5) is 30.4. The fourth-order valence-corrected chi connectivity index (χ4v) is 2.91. The molecular formula is C19H20N2O4. The lowest BCUT2D eigenvalue weighted by Crippen LogP contribution is -2.42. The zero-order valence-electron chi connectivity index (χ0n) is 14.1. The Kier molecular flexibility index (Phi) is 5.28. The Morgan fingerprint density at radius 1 is 1.04 bits per heavy atom. The molecule has 0 aliphatic carbocycles. The maximum Gasteiger partial charge on any atom is 0.338 e. The predicted octanol–water partition coefficient (Wildman–Crippen LogP) is 2.55. The zero-order chi connectivity index (χ0) is 17.6. The third-order valence-electron chi connectivity index (χ3n) is 4.24. The fraction of sp³-hybridized carbons (Fsp3) is 0.316. The number of carbonyl (C=O) groups is 2. The summed E-state index contributed by atoms with van der Waals surface area (Å²) in [6, 6.07) is 10.4. The molecule has 2 heterocycles. The summed E-state index contributed by atoms with van der Waals surface area (Å²) < 4.78 is 10.7. The normalized spacial score (nSPS) is 14.8. The number of methoxy groups -OCH3 is 1. The molecule has 1 aliphatic rings. The number of piperidine rings is 1. The van der Waals surface area contributed by atoms with E-state index in [1.165, 1.54) is 7.11 Å². The Balaban J connectivity index is 1.63. The number of aromatic nitrogens is 1. The first-order valence-electron chi connectivity index (χ1n) is 8.22. The molecule has 1 amide bonds. The van der Waals surface area contributed by atoms with Crippen LogP contribution in [0.5, 0.6) is 5.75 Å². The molecule has 0 spiro atoms. The van der Waals surface area contributed by atoms with Crippen LogP contribution >= 0.6 is 0 Å². The fourth-order valence-electron chi connectivity index (χ4n) is 2.91. The van der Waals surface area contributed by atoms with Crippen molar-refractivity contribution in [3.8, 4) is 5.75 Å². The van der Waals surface area contributed by atoms with Gasteiger partial charge in [0, 0.05) is 38.3 Å². The van der Waals surface area contributed by atoms with Crippen LogP contribution in [0.1, 0.15) is 33.6 Å². The Morgan fingerprint density at radius 3 is 2.32 bits per heavy atom. The third kappa shape index (κ3) is 3.96. The Labute approximate surface area is 146 Å². The van der Waals surface area contributed by atoms with E-state index in [-0.39, 0.29) is 12.0 Å². The SMILES string of the molecule is COC(=O)c1ccccc1C(=O)N1CCC(Oc2ccncc2)CC1. The van der Waals surface area contributed by atoms with Gasteiger partial charge in [-0.05, 0) is 24.3 Å². The monoisotopic (exact) mass is 340 g/mol. The van der Waals surface area contributed by atoms with E-state index in [4.69, 9.17) is 9.47 Å². The highest BCUT2D eigenvalue weighted by Gasteiger charge is 2.27. The van der Waals surface area contributed by atoms with Gasteiger partial charge in [0.15, 0.2) is 0 Å². The highest BCUT2D eigenvalue weighted by Crippen LogP contribution is 2.21. The van der Waals surface area contributed by atoms with Crippen molar-refractivity contribution in [2.75, 3.05) is 20.2 Å². The van der Waals surface area contributed by atoms with Crippen LogP contribution < -0.4 is 4.74 Å². The largest absolute Gasteiger partial charge is 0.490 e. The van der Waals surface area contributed by atoms with Gasteiger partial charge in [0.1, 0.15) is 11.9 Å². The van der Waals surface area contributed by atoms with Gasteiger partial charge in [0.05, 0.1) is 18.2 Å². The summed E-state index contributed by atoms with van der Waals surface area (Å²) in [7, 11) is 1.31. The topological polar surface area (TPSA) is 68.7 Å². The molecule has 25 heavy (non-hydrogen) atoms. The molecule has 0 N–H and O–H groups in total. The van der Waals surface area contributed by atoms with Crippen LogP contribution in [-0.2, 0) is 4.74 Å². The summed E-state index contributed by atoms with van der Waals surface area (Å²) in [5, 5.41) is 0. The second-order valence-corrected chi connectivity index (χ2v) is 5.83. The van der Waals surface area contributed by atoms with E-state index in [0.717, 1.165) is 18.6 Å². The molecule has 6 heteroatoms. The van der Waals surface area contributed by atoms with Gasteiger partial charge in [-0.15, -0.1) is 0 Å². The van der Waals surface area contributed by atoms with Crippen LogP contribution in [0.2, 0.25) is 0 Å². The van der Waals surface area contributed by atoms with E-state index >= 15 is 0 Å². The average molecular weight is 340 g/mol. The summed E-state index contributed by atoms with van der Waals surface area (Å²) in [6.45, 7) is 1.17. The van der Waals surface area contributed by atoms with Crippen molar-refractivity contribution in [2.45, 2.75) is 18.9 Å². The molecule has 0 unspecified atom stereocenters. The Bertz CT molecular complexity index is 740. The standard InChI is InChI=1S/C19H20N2O4/c1-24-19(23)17-5-3-2-4-16(17)18(22)21-12-8-15(9-13-21)25-14-6-10-20-11-7-14/h2-7,10-11,15H,8-9,12-13H2,1H3. The number of likely N-dealkylation sites (tertiary alicyclic amines) is 1. The molecule has 1 aromatic heterocycles. The van der Waals surface area contributed by atoms with Crippen molar-refractivity contribution in [3.05, 3.63) is 59.9 Å². The lowest BCUT2D eigenvalue weighted by Gasteiger charge is -2.32. The molecule has 1 aliphatic heterocycles. The smallest absolute Gasteiger partial charge is 0.338 e. The van der Waals surface area contributed by atoms with Crippen molar-refractivity contribution in [1.29, 1.82) is 0 Å². The number of hydrogen-bond donors (Lipinski definition) is 0. The minimum Gasteiger partial charge on any atom is -0.490 e. The molecule has 0 saturated carbocycles. The number of ether oxygens (including phenoxy) is 2. The summed E-state index contributed by atoms with van der Waals surface area (Å²) in [5.41, 5.74) is 0.674. The molecule has 1 fully saturated rings. The van der Waals surface area contributed by atoms with Crippen molar-refractivity contribution in [1.82, 2.24) is 9.88 Å². The van der Waals surface area contributed by atoms with E-state index in [2.05, 4.69) is 4.98 Å². The molecule has 3 rings (SSSR count). The molecule has 0 bridgehead atoms. The van der Waals surface area contributed by atoms with Crippen LogP contribution in [0.4, 0.5) is 0 Å². The zero-order valence-corrected chi connectivity index (χ0v) is 14.1. The van der Waals surface area contributed by atoms with E-state index in [1.54, 1.807) is 41.6 Å². The van der Waals surface area contributed by atoms with Gasteiger partial charge >= 0.3 is 5.97 Å². The molecule has 0 radical (unpaired) electrons. The average Bonchev–Trinajstić information content (AvgIpc) is 2.68. The van der Waals surface area contributed by atoms with Gasteiger partial charge in [0.2, 0.25) is 0 Å². The van der Waals surface area contributed by atoms with Gasteiger partial charge in [-0.1, -0.05) is 12.1 Å². The summed E-state index contributed by atoms with van der Waals surface area (Å²) in [5.74, 6) is 0.138. The first-order valence-corrected chi connectivity index (χ1v) is 8.22. The molecular weight excluding hydrogens is 320 g/mol. The van der Waals surface area contributed by atoms with Gasteiger partial charge < -0.3 is 14.4 Å². The van der Waals surface area contributed by atoms with Crippen molar-refractivity contribution in [3.63, 3.8) is 0 Å². The number of amides is 1. The van der Waals surface area contributed by atoms with Crippen LogP contribution in [0, 0.1) is 0 Å². The maximum absolute atomic E-state index is 12.8. The van der Waals surface area contributed by atoms with Crippen LogP contribution in [-0.4, -0.2) is 48.1 Å². The highest BCUT2D eigenvalue weighted by atomic mass is 16.5. The third-order valence-corrected chi connectivity index (χ3v) is 4.24.